The Morgan fingerprint density at radius 3 is 2.75 bits per heavy atom. The summed E-state index contributed by atoms with van der Waals surface area (Å²) in [6.45, 7) is 3.82. The Morgan fingerprint density at radius 1 is 1.25 bits per heavy atom. The van der Waals surface area contributed by atoms with Crippen molar-refractivity contribution in [3.05, 3.63) is 41.2 Å². The van der Waals surface area contributed by atoms with Gasteiger partial charge in [0.1, 0.15) is 11.9 Å². The quantitative estimate of drug-likeness (QED) is 0.887. The third kappa shape index (κ3) is 2.64. The second-order valence-electron chi connectivity index (χ2n) is 7.74. The lowest BCUT2D eigenvalue weighted by Crippen LogP contribution is -2.26. The number of hydrogen-bond donors (Lipinski definition) is 1. The van der Waals surface area contributed by atoms with Gasteiger partial charge >= 0.3 is 0 Å². The topological polar surface area (TPSA) is 85.2 Å². The molecule has 7 heteroatoms. The van der Waals surface area contributed by atoms with Crippen LogP contribution in [0, 0.1) is 18.3 Å². The van der Waals surface area contributed by atoms with Crippen molar-refractivity contribution in [1.29, 1.82) is 5.26 Å². The van der Waals surface area contributed by atoms with Crippen LogP contribution in [0.1, 0.15) is 53.2 Å². The molecule has 3 aliphatic rings. The molecule has 1 N–H and O–H groups in total. The third-order valence-electron chi connectivity index (χ3n) is 5.92. The van der Waals surface area contributed by atoms with Gasteiger partial charge in [-0.15, -0.1) is 0 Å². The summed E-state index contributed by atoms with van der Waals surface area (Å²) in [5.74, 6) is 1.22. The first-order valence-corrected chi connectivity index (χ1v) is 9.88. The number of nitriles is 1. The molecule has 7 nitrogen and oxygen atoms in total. The van der Waals surface area contributed by atoms with Crippen LogP contribution in [0.3, 0.4) is 0 Å². The number of amides is 1. The van der Waals surface area contributed by atoms with Gasteiger partial charge in [0, 0.05) is 24.0 Å². The molecule has 0 spiro atoms. The van der Waals surface area contributed by atoms with Gasteiger partial charge in [-0.05, 0) is 63.4 Å². The number of pyridine rings is 2. The van der Waals surface area contributed by atoms with E-state index in [1.807, 2.05) is 13.1 Å². The molecule has 2 aliphatic heterocycles. The van der Waals surface area contributed by atoms with Crippen molar-refractivity contribution in [3.63, 3.8) is 0 Å². The highest BCUT2D eigenvalue weighted by Crippen LogP contribution is 2.45. The summed E-state index contributed by atoms with van der Waals surface area (Å²) in [4.78, 5) is 26.5. The Balaban J connectivity index is 1.65. The zero-order chi connectivity index (χ0) is 19.3. The molecule has 28 heavy (non-hydrogen) atoms. The predicted octanol–water partition coefficient (Wildman–Crippen LogP) is 3.31. The largest absolute Gasteiger partial charge is 0.318 e. The van der Waals surface area contributed by atoms with Gasteiger partial charge < -0.3 is 10.2 Å². The van der Waals surface area contributed by atoms with Crippen molar-refractivity contribution in [1.82, 2.24) is 14.9 Å². The molecule has 1 amide bonds. The number of aromatic nitrogens is 2. The molecule has 1 saturated heterocycles. The van der Waals surface area contributed by atoms with Crippen LogP contribution < -0.4 is 10.2 Å². The Morgan fingerprint density at radius 2 is 2.04 bits per heavy atom. The Labute approximate surface area is 164 Å². The molecule has 1 aliphatic carbocycles. The number of anilines is 3. The van der Waals surface area contributed by atoms with E-state index in [1.165, 1.54) is 0 Å². The SMILES string of the molecule is Cc1c(C(C#N)N2CCCC2)cnc2c1NC(=O)c1cccnc1N2C1CC1. The molecule has 2 aromatic rings. The van der Waals surface area contributed by atoms with E-state index in [-0.39, 0.29) is 11.9 Å². The summed E-state index contributed by atoms with van der Waals surface area (Å²) in [7, 11) is 0. The number of nitrogens with one attached hydrogen (secondary N) is 1. The molecule has 0 aromatic carbocycles. The summed E-state index contributed by atoms with van der Waals surface area (Å²) in [5.41, 5.74) is 3.05. The highest BCUT2D eigenvalue weighted by molar-refractivity contribution is 6.12. The van der Waals surface area contributed by atoms with Crippen molar-refractivity contribution >= 4 is 23.2 Å². The van der Waals surface area contributed by atoms with Gasteiger partial charge in [0.05, 0.1) is 17.3 Å². The molecule has 0 bridgehead atoms. The van der Waals surface area contributed by atoms with Gasteiger partial charge in [-0.25, -0.2) is 9.97 Å². The van der Waals surface area contributed by atoms with Crippen LogP contribution in [0.25, 0.3) is 0 Å². The van der Waals surface area contributed by atoms with Crippen LogP contribution in [0.4, 0.5) is 17.3 Å². The van der Waals surface area contributed by atoms with E-state index in [0.717, 1.165) is 55.7 Å². The summed E-state index contributed by atoms with van der Waals surface area (Å²) in [6.07, 6.45) is 7.87. The van der Waals surface area contributed by atoms with Gasteiger partial charge in [0.15, 0.2) is 5.82 Å². The summed E-state index contributed by atoms with van der Waals surface area (Å²) < 4.78 is 0. The van der Waals surface area contributed by atoms with Gasteiger partial charge in [0.2, 0.25) is 0 Å². The van der Waals surface area contributed by atoms with Gasteiger partial charge in [-0.3, -0.25) is 9.69 Å². The fraction of sp³-hybridized carbons (Fsp3) is 0.429. The first kappa shape index (κ1) is 17.1. The van der Waals surface area contributed by atoms with Crippen LogP contribution in [0.15, 0.2) is 24.5 Å². The van der Waals surface area contributed by atoms with Gasteiger partial charge in [-0.2, -0.15) is 5.26 Å². The van der Waals surface area contributed by atoms with E-state index in [4.69, 9.17) is 4.98 Å². The normalized spacial score (nSPS) is 20.0. The van der Waals surface area contributed by atoms with Crippen molar-refractivity contribution in [2.45, 2.75) is 44.7 Å². The van der Waals surface area contributed by atoms with Crippen molar-refractivity contribution in [2.75, 3.05) is 23.3 Å². The molecule has 142 valence electrons. The van der Waals surface area contributed by atoms with Crippen LogP contribution in [0.2, 0.25) is 0 Å². The van der Waals surface area contributed by atoms with E-state index in [9.17, 15) is 10.1 Å². The average molecular weight is 374 g/mol. The average Bonchev–Trinajstić information content (AvgIpc) is 3.42. The Bertz CT molecular complexity index is 987. The maximum absolute atomic E-state index is 12.9. The molecule has 1 atom stereocenters. The smallest absolute Gasteiger partial charge is 0.259 e. The first-order chi connectivity index (χ1) is 13.7. The van der Waals surface area contributed by atoms with Crippen LogP contribution in [-0.4, -0.2) is 39.9 Å². The monoisotopic (exact) mass is 374 g/mol. The molecule has 0 radical (unpaired) electrons. The zero-order valence-electron chi connectivity index (χ0n) is 15.9. The van der Waals surface area contributed by atoms with E-state index in [2.05, 4.69) is 26.2 Å². The maximum Gasteiger partial charge on any atom is 0.259 e. The predicted molar refractivity (Wildman–Crippen MR) is 105 cm³/mol. The third-order valence-corrected chi connectivity index (χ3v) is 5.92. The highest BCUT2D eigenvalue weighted by Gasteiger charge is 2.39. The van der Waals surface area contributed by atoms with Crippen molar-refractivity contribution in [2.24, 2.45) is 0 Å². The molecular weight excluding hydrogens is 352 g/mol. The molecule has 1 unspecified atom stereocenters. The number of carbonyl (C=O) groups excluding carboxylic acids is 1. The molecule has 4 heterocycles. The summed E-state index contributed by atoms with van der Waals surface area (Å²) in [6, 6.07) is 6.00. The number of nitrogens with zero attached hydrogens (tertiary/aromatic N) is 5. The van der Waals surface area contributed by atoms with Crippen LogP contribution >= 0.6 is 0 Å². The first-order valence-electron chi connectivity index (χ1n) is 9.88. The number of carbonyl (C=O) groups is 1. The summed E-state index contributed by atoms with van der Waals surface area (Å²) in [5, 5.41) is 12.9. The fourth-order valence-corrected chi connectivity index (χ4v) is 4.29. The lowest BCUT2D eigenvalue weighted by molar-refractivity contribution is 0.102. The fourth-order valence-electron chi connectivity index (χ4n) is 4.29. The minimum Gasteiger partial charge on any atom is -0.318 e. The van der Waals surface area contributed by atoms with E-state index in [1.54, 1.807) is 18.3 Å². The molecule has 5 rings (SSSR count). The minimum absolute atomic E-state index is 0.177. The van der Waals surface area contributed by atoms with Gasteiger partial charge in [0.25, 0.3) is 5.91 Å². The van der Waals surface area contributed by atoms with Crippen molar-refractivity contribution < 1.29 is 4.79 Å². The van der Waals surface area contributed by atoms with E-state index >= 15 is 0 Å². The Kier molecular flexibility index (Phi) is 4.02. The number of hydrogen-bond acceptors (Lipinski definition) is 6. The Hall–Kier alpha value is -2.98. The van der Waals surface area contributed by atoms with Gasteiger partial charge in [-0.1, -0.05) is 0 Å². The molecule has 1 saturated carbocycles. The number of rotatable bonds is 3. The van der Waals surface area contributed by atoms with E-state index < -0.39 is 0 Å². The minimum atomic E-state index is -0.338. The highest BCUT2D eigenvalue weighted by atomic mass is 16.1. The second kappa shape index (κ2) is 6.57. The lowest BCUT2D eigenvalue weighted by Gasteiger charge is -2.27. The standard InChI is InChI=1S/C21H22N6O/c1-13-16(17(11-22)26-9-2-3-10-26)12-24-20-18(13)25-21(28)15-5-4-8-23-19(15)27(20)14-6-7-14/h4-5,8,12,14,17H,2-3,6-7,9-10H2,1H3,(H,25,28). The maximum atomic E-state index is 12.9. The van der Waals surface area contributed by atoms with Crippen LogP contribution in [-0.2, 0) is 0 Å². The number of likely N-dealkylation sites (tertiary alicyclic amines) is 1. The molecule has 2 aromatic heterocycles. The number of fused-ring (bicyclic) bond motifs is 2. The molecular formula is C21H22N6O. The van der Waals surface area contributed by atoms with Crippen LogP contribution in [0.5, 0.6) is 0 Å². The zero-order valence-corrected chi connectivity index (χ0v) is 15.9. The van der Waals surface area contributed by atoms with Crippen molar-refractivity contribution in [3.8, 4) is 6.07 Å². The molecule has 2 fully saturated rings. The van der Waals surface area contributed by atoms with E-state index in [0.29, 0.717) is 23.1 Å². The second-order valence-corrected chi connectivity index (χ2v) is 7.74. The lowest BCUT2D eigenvalue weighted by atomic mass is 10.0. The summed E-state index contributed by atoms with van der Waals surface area (Å²) >= 11 is 0.